The highest BCUT2D eigenvalue weighted by atomic mass is 14.9. The molecule has 1 N–H and O–H groups in total. The van der Waals surface area contributed by atoms with Crippen LogP contribution in [0.25, 0.3) is 0 Å². The van der Waals surface area contributed by atoms with Gasteiger partial charge in [-0.15, -0.1) is 0 Å². The number of hydrogen-bond donors (Lipinski definition) is 1. The molecule has 0 aromatic rings. The second-order valence-electron chi connectivity index (χ2n) is 6.84. The van der Waals surface area contributed by atoms with Crippen LogP contribution >= 0.6 is 0 Å². The Kier molecular flexibility index (Phi) is 6.42. The highest BCUT2D eigenvalue weighted by Crippen LogP contribution is 2.46. The first kappa shape index (κ1) is 15.8. The molecule has 0 aliphatic heterocycles. The molecule has 0 aromatic carbocycles. The van der Waals surface area contributed by atoms with Crippen molar-refractivity contribution in [3.05, 3.63) is 11.6 Å². The average molecular weight is 251 g/mol. The molecule has 0 amide bonds. The lowest BCUT2D eigenvalue weighted by Gasteiger charge is -2.38. The van der Waals surface area contributed by atoms with Crippen LogP contribution in [0.15, 0.2) is 11.6 Å². The second-order valence-corrected chi connectivity index (χ2v) is 6.84. The van der Waals surface area contributed by atoms with E-state index in [0.29, 0.717) is 11.5 Å². The average Bonchev–Trinajstić information content (AvgIpc) is 2.72. The fourth-order valence-electron chi connectivity index (χ4n) is 3.62. The zero-order valence-electron chi connectivity index (χ0n) is 13.2. The maximum absolute atomic E-state index is 3.81. The van der Waals surface area contributed by atoms with Crippen LogP contribution in [0.5, 0.6) is 0 Å². The van der Waals surface area contributed by atoms with Gasteiger partial charge in [0.25, 0.3) is 0 Å². The molecule has 0 aromatic heterocycles. The first-order valence-corrected chi connectivity index (χ1v) is 7.88. The minimum Gasteiger partial charge on any atom is -0.310 e. The largest absolute Gasteiger partial charge is 0.310 e. The Morgan fingerprint density at radius 3 is 2.28 bits per heavy atom. The van der Waals surface area contributed by atoms with Crippen molar-refractivity contribution in [2.45, 2.75) is 79.2 Å². The first-order valence-electron chi connectivity index (χ1n) is 7.88. The Hall–Kier alpha value is -0.300. The maximum Gasteiger partial charge on any atom is 0.0309 e. The minimum atomic E-state index is 0.528. The van der Waals surface area contributed by atoms with E-state index in [4.69, 9.17) is 0 Å². The molecule has 0 radical (unpaired) electrons. The Morgan fingerprint density at radius 1 is 1.22 bits per heavy atom. The van der Waals surface area contributed by atoms with Gasteiger partial charge in [-0.25, -0.2) is 0 Å². The Bertz CT molecular complexity index is 255. The lowest BCUT2D eigenvalue weighted by Crippen LogP contribution is -2.44. The molecule has 1 aliphatic rings. The van der Waals surface area contributed by atoms with Crippen LogP contribution in [0, 0.1) is 11.3 Å². The van der Waals surface area contributed by atoms with Crippen molar-refractivity contribution < 1.29 is 0 Å². The summed E-state index contributed by atoms with van der Waals surface area (Å²) in [5.74, 6) is 0.805. The molecule has 1 fully saturated rings. The molecule has 1 atom stereocenters. The summed E-state index contributed by atoms with van der Waals surface area (Å²) in [5.41, 5.74) is 1.99. The van der Waals surface area contributed by atoms with Crippen molar-refractivity contribution in [1.29, 1.82) is 0 Å². The Morgan fingerprint density at radius 2 is 1.83 bits per heavy atom. The van der Waals surface area contributed by atoms with Crippen LogP contribution in [0.1, 0.15) is 73.1 Å². The Labute approximate surface area is 114 Å². The molecule has 18 heavy (non-hydrogen) atoms. The van der Waals surface area contributed by atoms with Crippen LogP contribution in [-0.4, -0.2) is 12.6 Å². The molecular weight excluding hydrogens is 218 g/mol. The SMILES string of the molecule is CCCNC(C=C(C)C)C1(CC(C)C)CCCC1. The lowest BCUT2D eigenvalue weighted by molar-refractivity contribution is 0.182. The summed E-state index contributed by atoms with van der Waals surface area (Å²) >= 11 is 0. The smallest absolute Gasteiger partial charge is 0.0309 e. The first-order chi connectivity index (χ1) is 8.50. The van der Waals surface area contributed by atoms with Gasteiger partial charge in [0.2, 0.25) is 0 Å². The van der Waals surface area contributed by atoms with E-state index in [1.165, 1.54) is 44.1 Å². The van der Waals surface area contributed by atoms with Gasteiger partial charge in [0.15, 0.2) is 0 Å². The van der Waals surface area contributed by atoms with E-state index in [9.17, 15) is 0 Å². The van der Waals surface area contributed by atoms with Crippen molar-refractivity contribution in [2.24, 2.45) is 11.3 Å². The van der Waals surface area contributed by atoms with Crippen molar-refractivity contribution >= 4 is 0 Å². The molecule has 1 saturated carbocycles. The molecule has 1 nitrogen and oxygen atoms in total. The van der Waals surface area contributed by atoms with E-state index in [-0.39, 0.29) is 0 Å². The maximum atomic E-state index is 3.81. The van der Waals surface area contributed by atoms with Crippen molar-refractivity contribution in [2.75, 3.05) is 6.54 Å². The van der Waals surface area contributed by atoms with E-state index >= 15 is 0 Å². The van der Waals surface area contributed by atoms with E-state index < -0.39 is 0 Å². The molecule has 1 heteroatoms. The third kappa shape index (κ3) is 4.42. The fraction of sp³-hybridized carbons (Fsp3) is 0.882. The Balaban J connectivity index is 2.85. The van der Waals surface area contributed by atoms with Gasteiger partial charge in [-0.2, -0.15) is 0 Å². The molecule has 0 saturated heterocycles. The molecule has 0 spiro atoms. The summed E-state index contributed by atoms with van der Waals surface area (Å²) in [4.78, 5) is 0. The third-order valence-corrected chi connectivity index (χ3v) is 4.19. The van der Waals surface area contributed by atoms with Gasteiger partial charge >= 0.3 is 0 Å². The summed E-state index contributed by atoms with van der Waals surface area (Å²) in [6.45, 7) is 12.6. The topological polar surface area (TPSA) is 12.0 Å². The third-order valence-electron chi connectivity index (χ3n) is 4.19. The van der Waals surface area contributed by atoms with Crippen LogP contribution in [-0.2, 0) is 0 Å². The van der Waals surface area contributed by atoms with Gasteiger partial charge in [-0.3, -0.25) is 0 Å². The summed E-state index contributed by atoms with van der Waals surface area (Å²) in [7, 11) is 0. The minimum absolute atomic E-state index is 0.528. The molecule has 1 unspecified atom stereocenters. The number of allylic oxidation sites excluding steroid dienone is 1. The van der Waals surface area contributed by atoms with Gasteiger partial charge in [-0.1, -0.05) is 45.3 Å². The monoisotopic (exact) mass is 251 g/mol. The van der Waals surface area contributed by atoms with E-state index in [2.05, 4.69) is 46.0 Å². The zero-order valence-corrected chi connectivity index (χ0v) is 13.2. The van der Waals surface area contributed by atoms with Gasteiger partial charge in [0.1, 0.15) is 0 Å². The van der Waals surface area contributed by atoms with Crippen LogP contribution in [0.2, 0.25) is 0 Å². The number of nitrogens with one attached hydrogen (secondary N) is 1. The summed E-state index contributed by atoms with van der Waals surface area (Å²) in [5, 5.41) is 3.81. The quantitative estimate of drug-likeness (QED) is 0.633. The highest BCUT2D eigenvalue weighted by molar-refractivity contribution is 5.09. The van der Waals surface area contributed by atoms with Crippen LogP contribution in [0.3, 0.4) is 0 Å². The second kappa shape index (κ2) is 7.33. The summed E-state index contributed by atoms with van der Waals surface area (Å²) < 4.78 is 0. The fourth-order valence-corrected chi connectivity index (χ4v) is 3.62. The predicted molar refractivity (Wildman–Crippen MR) is 81.9 cm³/mol. The van der Waals surface area contributed by atoms with E-state index in [0.717, 1.165) is 12.5 Å². The van der Waals surface area contributed by atoms with Gasteiger partial charge in [0, 0.05) is 6.04 Å². The van der Waals surface area contributed by atoms with Gasteiger partial charge in [-0.05, 0) is 57.4 Å². The van der Waals surface area contributed by atoms with Crippen molar-refractivity contribution in [3.8, 4) is 0 Å². The van der Waals surface area contributed by atoms with Gasteiger partial charge in [0.05, 0.1) is 0 Å². The zero-order chi connectivity index (χ0) is 13.6. The number of hydrogen-bond acceptors (Lipinski definition) is 1. The number of rotatable bonds is 7. The van der Waals surface area contributed by atoms with Crippen LogP contribution < -0.4 is 5.32 Å². The molecule has 1 aliphatic carbocycles. The summed E-state index contributed by atoms with van der Waals surface area (Å²) in [6.07, 6.45) is 10.8. The highest BCUT2D eigenvalue weighted by Gasteiger charge is 2.40. The van der Waals surface area contributed by atoms with E-state index in [1.807, 2.05) is 0 Å². The predicted octanol–water partition coefficient (Wildman–Crippen LogP) is 4.93. The molecule has 106 valence electrons. The van der Waals surface area contributed by atoms with Crippen molar-refractivity contribution in [3.63, 3.8) is 0 Å². The van der Waals surface area contributed by atoms with Crippen molar-refractivity contribution in [1.82, 2.24) is 5.32 Å². The lowest BCUT2D eigenvalue weighted by atomic mass is 9.72. The molecular formula is C17H33N. The normalized spacial score (nSPS) is 20.1. The van der Waals surface area contributed by atoms with Crippen LogP contribution in [0.4, 0.5) is 0 Å². The summed E-state index contributed by atoms with van der Waals surface area (Å²) in [6, 6.07) is 0.590. The van der Waals surface area contributed by atoms with Gasteiger partial charge < -0.3 is 5.32 Å². The molecule has 0 heterocycles. The molecule has 0 bridgehead atoms. The molecule has 1 rings (SSSR count). The standard InChI is InChI=1S/C17H33N/c1-6-11-18-16(12-14(2)3)17(13-15(4)5)9-7-8-10-17/h12,15-16,18H,6-11,13H2,1-5H3. The van der Waals surface area contributed by atoms with E-state index in [1.54, 1.807) is 0 Å².